The van der Waals surface area contributed by atoms with E-state index in [4.69, 9.17) is 16.3 Å². The SMILES string of the molecule is CCCCOC(=O)NCC[C@@H]1N[C@H](CNC(=O)c2ccc3cc(Cl)ccc3c2)CCN(C[C@@H](CC)c2ccccc2)C1=O. The molecule has 8 nitrogen and oxygen atoms in total. The van der Waals surface area contributed by atoms with Crippen LogP contribution in [0.25, 0.3) is 10.8 Å². The minimum Gasteiger partial charge on any atom is -0.450 e. The van der Waals surface area contributed by atoms with Gasteiger partial charge in [-0.2, -0.15) is 0 Å². The van der Waals surface area contributed by atoms with Crippen molar-refractivity contribution in [3.05, 3.63) is 82.9 Å². The summed E-state index contributed by atoms with van der Waals surface area (Å²) in [6.07, 6.45) is 3.30. The monoisotopic (exact) mass is 606 g/mol. The van der Waals surface area contributed by atoms with Crippen LogP contribution in [0.3, 0.4) is 0 Å². The van der Waals surface area contributed by atoms with Crippen LogP contribution in [0.15, 0.2) is 66.7 Å². The predicted octanol–water partition coefficient (Wildman–Crippen LogP) is 5.89. The second-order valence-electron chi connectivity index (χ2n) is 11.1. The molecule has 43 heavy (non-hydrogen) atoms. The molecule has 3 N–H and O–H groups in total. The first-order valence-corrected chi connectivity index (χ1v) is 15.7. The van der Waals surface area contributed by atoms with Gasteiger partial charge >= 0.3 is 6.09 Å². The Morgan fingerprint density at radius 2 is 1.81 bits per heavy atom. The summed E-state index contributed by atoms with van der Waals surface area (Å²) in [6.45, 7) is 6.43. The van der Waals surface area contributed by atoms with E-state index in [9.17, 15) is 14.4 Å². The van der Waals surface area contributed by atoms with Crippen LogP contribution >= 0.6 is 11.6 Å². The van der Waals surface area contributed by atoms with E-state index < -0.39 is 12.1 Å². The second-order valence-corrected chi connectivity index (χ2v) is 11.6. The van der Waals surface area contributed by atoms with Gasteiger partial charge in [-0.15, -0.1) is 0 Å². The third-order valence-corrected chi connectivity index (χ3v) is 8.24. The number of alkyl carbamates (subject to hydrolysis) is 1. The molecule has 3 aromatic rings. The maximum atomic E-state index is 13.8. The summed E-state index contributed by atoms with van der Waals surface area (Å²) in [5.74, 6) is 0.0586. The molecule has 9 heteroatoms. The maximum Gasteiger partial charge on any atom is 0.407 e. The molecule has 1 fully saturated rings. The third-order valence-electron chi connectivity index (χ3n) is 8.01. The molecule has 1 aliphatic rings. The molecular formula is C34H43ClN4O4. The van der Waals surface area contributed by atoms with Crippen LogP contribution in [-0.4, -0.2) is 67.7 Å². The van der Waals surface area contributed by atoms with Crippen molar-refractivity contribution in [1.82, 2.24) is 20.9 Å². The molecule has 3 amide bonds. The number of ether oxygens (including phenoxy) is 1. The van der Waals surface area contributed by atoms with E-state index in [-0.39, 0.29) is 23.8 Å². The normalized spacial score (nSPS) is 17.7. The van der Waals surface area contributed by atoms with Crippen molar-refractivity contribution in [3.63, 3.8) is 0 Å². The number of benzene rings is 3. The van der Waals surface area contributed by atoms with E-state index in [0.29, 0.717) is 56.2 Å². The zero-order valence-electron chi connectivity index (χ0n) is 25.1. The molecule has 0 aliphatic carbocycles. The second kappa shape index (κ2) is 16.3. The number of hydrogen-bond donors (Lipinski definition) is 3. The first kappa shape index (κ1) is 32.3. The molecule has 3 atom stereocenters. The number of fused-ring (bicyclic) bond motifs is 1. The average molecular weight is 607 g/mol. The van der Waals surface area contributed by atoms with Gasteiger partial charge in [0.2, 0.25) is 5.91 Å². The largest absolute Gasteiger partial charge is 0.450 e. The Hall–Kier alpha value is -3.62. The highest BCUT2D eigenvalue weighted by Gasteiger charge is 2.32. The van der Waals surface area contributed by atoms with E-state index in [2.05, 4.69) is 35.0 Å². The highest BCUT2D eigenvalue weighted by atomic mass is 35.5. The number of nitrogens with zero attached hydrogens (tertiary/aromatic N) is 1. The summed E-state index contributed by atoms with van der Waals surface area (Å²) >= 11 is 6.10. The van der Waals surface area contributed by atoms with E-state index in [1.54, 1.807) is 6.07 Å². The van der Waals surface area contributed by atoms with Crippen LogP contribution in [0.2, 0.25) is 5.02 Å². The number of rotatable bonds is 13. The lowest BCUT2D eigenvalue weighted by Crippen LogP contribution is -2.50. The molecule has 0 radical (unpaired) electrons. The summed E-state index contributed by atoms with van der Waals surface area (Å²) < 4.78 is 5.20. The molecule has 1 heterocycles. The van der Waals surface area contributed by atoms with Crippen molar-refractivity contribution < 1.29 is 19.1 Å². The van der Waals surface area contributed by atoms with Gasteiger partial charge in [0.25, 0.3) is 5.91 Å². The number of halogens is 1. The van der Waals surface area contributed by atoms with Crippen molar-refractivity contribution in [3.8, 4) is 0 Å². The quantitative estimate of drug-likeness (QED) is 0.211. The number of amides is 3. The zero-order valence-corrected chi connectivity index (χ0v) is 25.9. The van der Waals surface area contributed by atoms with Gasteiger partial charge < -0.3 is 25.6 Å². The Kier molecular flexibility index (Phi) is 12.2. The number of hydrogen-bond acceptors (Lipinski definition) is 5. The van der Waals surface area contributed by atoms with Gasteiger partial charge in [0.05, 0.1) is 12.6 Å². The lowest BCUT2D eigenvalue weighted by Gasteiger charge is -2.28. The van der Waals surface area contributed by atoms with Crippen LogP contribution in [0.4, 0.5) is 4.79 Å². The highest BCUT2D eigenvalue weighted by molar-refractivity contribution is 6.31. The fraction of sp³-hybridized carbons (Fsp3) is 0.441. The van der Waals surface area contributed by atoms with Crippen molar-refractivity contribution >= 4 is 40.3 Å². The standard InChI is InChI=1S/C34H43ClN4O4/c1-3-5-19-43-34(42)36-17-15-31-33(41)39(23-24(4-2)25-9-7-6-8-10-25)18-16-30(38-31)22-37-32(40)28-12-11-27-21-29(35)14-13-26(27)20-28/h6-14,20-21,24,30-31,38H,3-5,15-19,22-23H2,1-2H3,(H,36,42)(H,37,40)/t24-,30+,31+/m1/s1. The lowest BCUT2D eigenvalue weighted by atomic mass is 9.95. The number of nitrogens with one attached hydrogen (secondary N) is 3. The Labute approximate surface area is 259 Å². The van der Waals surface area contributed by atoms with Gasteiger partial charge in [0, 0.05) is 48.7 Å². The molecule has 4 rings (SSSR count). The van der Waals surface area contributed by atoms with Crippen molar-refractivity contribution in [2.75, 3.05) is 32.8 Å². The zero-order chi connectivity index (χ0) is 30.6. The summed E-state index contributed by atoms with van der Waals surface area (Å²) in [5.41, 5.74) is 1.78. The van der Waals surface area contributed by atoms with Gasteiger partial charge in [-0.05, 0) is 66.3 Å². The third kappa shape index (κ3) is 9.43. The Morgan fingerprint density at radius 1 is 1.05 bits per heavy atom. The molecular weight excluding hydrogens is 564 g/mol. The smallest absolute Gasteiger partial charge is 0.407 e. The van der Waals surface area contributed by atoms with Gasteiger partial charge in [0.1, 0.15) is 0 Å². The van der Waals surface area contributed by atoms with E-state index in [0.717, 1.165) is 30.0 Å². The van der Waals surface area contributed by atoms with Crippen LogP contribution in [0, 0.1) is 0 Å². The molecule has 1 aliphatic heterocycles. The van der Waals surface area contributed by atoms with Crippen LogP contribution in [-0.2, 0) is 9.53 Å². The molecule has 1 saturated heterocycles. The van der Waals surface area contributed by atoms with E-state index in [1.807, 2.05) is 60.4 Å². The minimum atomic E-state index is -0.501. The summed E-state index contributed by atoms with van der Waals surface area (Å²) in [4.78, 5) is 40.9. The van der Waals surface area contributed by atoms with Crippen molar-refractivity contribution in [1.29, 1.82) is 0 Å². The Balaban J connectivity index is 1.41. The van der Waals surface area contributed by atoms with Crippen molar-refractivity contribution in [2.24, 2.45) is 0 Å². The Morgan fingerprint density at radius 3 is 2.58 bits per heavy atom. The van der Waals surface area contributed by atoms with E-state index in [1.165, 1.54) is 5.56 Å². The number of carbonyl (C=O) groups is 3. The van der Waals surface area contributed by atoms with Crippen molar-refractivity contribution in [2.45, 2.75) is 64.0 Å². The molecule has 0 aromatic heterocycles. The van der Waals surface area contributed by atoms with Crippen LogP contribution in [0.1, 0.15) is 67.8 Å². The summed E-state index contributed by atoms with van der Waals surface area (Å²) in [5, 5.41) is 11.9. The number of carbonyl (C=O) groups excluding carboxylic acids is 3. The Bertz CT molecular complexity index is 1370. The van der Waals surface area contributed by atoms with Gasteiger partial charge in [-0.1, -0.05) is 74.3 Å². The summed E-state index contributed by atoms with van der Waals surface area (Å²) in [7, 11) is 0. The maximum absolute atomic E-state index is 13.8. The molecule has 0 saturated carbocycles. The van der Waals surface area contributed by atoms with Crippen LogP contribution in [0.5, 0.6) is 0 Å². The van der Waals surface area contributed by atoms with Crippen LogP contribution < -0.4 is 16.0 Å². The van der Waals surface area contributed by atoms with Gasteiger partial charge in [0.15, 0.2) is 0 Å². The lowest BCUT2D eigenvalue weighted by molar-refractivity contribution is -0.133. The van der Waals surface area contributed by atoms with Gasteiger partial charge in [-0.3, -0.25) is 9.59 Å². The fourth-order valence-corrected chi connectivity index (χ4v) is 5.63. The van der Waals surface area contributed by atoms with E-state index >= 15 is 0 Å². The summed E-state index contributed by atoms with van der Waals surface area (Å²) in [6, 6.07) is 20.8. The first-order valence-electron chi connectivity index (χ1n) is 15.4. The van der Waals surface area contributed by atoms with Gasteiger partial charge in [-0.25, -0.2) is 4.79 Å². The average Bonchev–Trinajstić information content (AvgIpc) is 3.16. The molecule has 0 bridgehead atoms. The first-order chi connectivity index (χ1) is 20.9. The minimum absolute atomic E-state index is 0.0116. The highest BCUT2D eigenvalue weighted by Crippen LogP contribution is 2.23. The number of unbranched alkanes of at least 4 members (excludes halogenated alkanes) is 1. The molecule has 0 spiro atoms. The molecule has 0 unspecified atom stereocenters. The predicted molar refractivity (Wildman–Crippen MR) is 172 cm³/mol. The molecule has 3 aromatic carbocycles. The molecule has 230 valence electrons. The fourth-order valence-electron chi connectivity index (χ4n) is 5.45. The topological polar surface area (TPSA) is 99.8 Å².